The number of aromatic nitrogens is 1. The minimum Gasteiger partial charge on any atom is -0.362 e. The van der Waals surface area contributed by atoms with Gasteiger partial charge in [0.2, 0.25) is 10.0 Å². The summed E-state index contributed by atoms with van der Waals surface area (Å²) in [6.07, 6.45) is 0. The minimum absolute atomic E-state index is 0.278. The number of hydrogen-bond donors (Lipinski definition) is 1. The molecule has 0 radical (unpaired) electrons. The third kappa shape index (κ3) is 3.99. The van der Waals surface area contributed by atoms with Crippen LogP contribution in [0, 0.1) is 10.1 Å². The molecule has 1 fully saturated rings. The van der Waals surface area contributed by atoms with Crippen LogP contribution in [0.15, 0.2) is 41.3 Å². The summed E-state index contributed by atoms with van der Waals surface area (Å²) in [6, 6.07) is 9.30. The molecule has 0 unspecified atom stereocenters. The molecule has 0 aliphatic carbocycles. The number of nitrogens with two attached hydrogens (primary N) is 1. The average molecular weight is 454 g/mol. The number of sulfonamides is 1. The van der Waals surface area contributed by atoms with Gasteiger partial charge in [-0.15, -0.1) is 0 Å². The molecule has 4 rings (SSSR count). The number of nitro groups is 1. The highest BCUT2D eigenvalue weighted by Crippen LogP contribution is 2.34. The van der Waals surface area contributed by atoms with Crippen molar-refractivity contribution in [2.75, 3.05) is 36.0 Å². The normalized spacial score (nSPS) is 15.1. The quantitative estimate of drug-likeness (QED) is 0.475. The SMILES string of the molecule is NS(=O)(=O)c1ccc(N2CCN(c3nc4ccc(Cl)cc4s3)CC2)c([N+](=O)[O-])c1. The summed E-state index contributed by atoms with van der Waals surface area (Å²) >= 11 is 7.59. The number of halogens is 1. The Morgan fingerprint density at radius 1 is 1.10 bits per heavy atom. The van der Waals surface area contributed by atoms with Gasteiger partial charge in [0.15, 0.2) is 5.13 Å². The topological polar surface area (TPSA) is 123 Å². The zero-order valence-corrected chi connectivity index (χ0v) is 17.4. The molecule has 0 spiro atoms. The highest BCUT2D eigenvalue weighted by atomic mass is 35.5. The lowest BCUT2D eigenvalue weighted by Gasteiger charge is -2.35. The van der Waals surface area contributed by atoms with Crippen LogP contribution in [0.4, 0.5) is 16.5 Å². The van der Waals surface area contributed by atoms with Crippen molar-refractivity contribution in [1.82, 2.24) is 4.98 Å². The first-order valence-corrected chi connectivity index (χ1v) is 11.3. The second-order valence-corrected chi connectivity index (χ2v) is 9.54. The van der Waals surface area contributed by atoms with Gasteiger partial charge in [0.05, 0.1) is 20.0 Å². The van der Waals surface area contributed by atoms with Gasteiger partial charge >= 0.3 is 0 Å². The minimum atomic E-state index is -4.01. The van der Waals surface area contributed by atoms with Crippen LogP contribution >= 0.6 is 22.9 Å². The first-order valence-electron chi connectivity index (χ1n) is 8.59. The van der Waals surface area contributed by atoms with E-state index in [9.17, 15) is 18.5 Å². The van der Waals surface area contributed by atoms with Crippen molar-refractivity contribution in [3.63, 3.8) is 0 Å². The van der Waals surface area contributed by atoms with E-state index in [1.807, 2.05) is 17.0 Å². The van der Waals surface area contributed by atoms with E-state index in [0.29, 0.717) is 36.9 Å². The lowest BCUT2D eigenvalue weighted by atomic mass is 10.2. The van der Waals surface area contributed by atoms with Crippen molar-refractivity contribution in [3.05, 3.63) is 51.5 Å². The van der Waals surface area contributed by atoms with Gasteiger partial charge in [-0.2, -0.15) is 0 Å². The Labute approximate surface area is 175 Å². The Morgan fingerprint density at radius 2 is 1.79 bits per heavy atom. The fraction of sp³-hybridized carbons (Fsp3) is 0.235. The predicted octanol–water partition coefficient (Wildman–Crippen LogP) is 2.83. The Hall–Kier alpha value is -2.47. The van der Waals surface area contributed by atoms with E-state index in [0.717, 1.165) is 21.4 Å². The first-order chi connectivity index (χ1) is 13.7. The molecule has 1 aliphatic heterocycles. The number of benzene rings is 2. The van der Waals surface area contributed by atoms with Crippen LogP contribution in [-0.4, -0.2) is 44.5 Å². The molecular weight excluding hydrogens is 438 g/mol. The summed E-state index contributed by atoms with van der Waals surface area (Å²) in [5.74, 6) is 0. The van der Waals surface area contributed by atoms with Gasteiger partial charge in [0.25, 0.3) is 5.69 Å². The van der Waals surface area contributed by atoms with Crippen molar-refractivity contribution < 1.29 is 13.3 Å². The summed E-state index contributed by atoms with van der Waals surface area (Å²) in [7, 11) is -4.01. The summed E-state index contributed by atoms with van der Waals surface area (Å²) in [5.41, 5.74) is 0.976. The third-order valence-corrected chi connectivity index (χ3v) is 6.93. The molecule has 12 heteroatoms. The van der Waals surface area contributed by atoms with Crippen LogP contribution in [-0.2, 0) is 10.0 Å². The summed E-state index contributed by atoms with van der Waals surface area (Å²) in [5, 5.41) is 18.1. The van der Waals surface area contributed by atoms with Crippen LogP contribution in [0.3, 0.4) is 0 Å². The van der Waals surface area contributed by atoms with Gasteiger partial charge in [-0.25, -0.2) is 18.5 Å². The molecule has 152 valence electrons. The third-order valence-electron chi connectivity index (χ3n) is 4.70. The molecule has 3 aromatic rings. The number of nitro benzene ring substituents is 1. The Morgan fingerprint density at radius 3 is 2.45 bits per heavy atom. The van der Waals surface area contributed by atoms with Gasteiger partial charge in [-0.1, -0.05) is 22.9 Å². The number of piperazine rings is 1. The van der Waals surface area contributed by atoms with Crippen LogP contribution in [0.2, 0.25) is 5.02 Å². The van der Waals surface area contributed by atoms with Crippen molar-refractivity contribution in [2.45, 2.75) is 4.90 Å². The fourth-order valence-corrected chi connectivity index (χ4v) is 5.08. The molecule has 2 heterocycles. The second-order valence-electron chi connectivity index (χ2n) is 6.54. The summed E-state index contributed by atoms with van der Waals surface area (Å²) < 4.78 is 24.0. The van der Waals surface area contributed by atoms with Gasteiger partial charge in [-0.05, 0) is 30.3 Å². The lowest BCUT2D eigenvalue weighted by molar-refractivity contribution is -0.384. The molecular formula is C17H16ClN5O4S2. The average Bonchev–Trinajstić information content (AvgIpc) is 3.10. The molecule has 9 nitrogen and oxygen atoms in total. The Kier molecular flexibility index (Phi) is 5.07. The Balaban J connectivity index is 1.55. The van der Waals surface area contributed by atoms with Gasteiger partial charge in [-0.3, -0.25) is 10.1 Å². The van der Waals surface area contributed by atoms with Crippen LogP contribution < -0.4 is 14.9 Å². The van der Waals surface area contributed by atoms with Crippen LogP contribution in [0.5, 0.6) is 0 Å². The standard InChI is InChI=1S/C17H16ClN5O4S2/c18-11-1-3-13-16(9-11)28-17(20-13)22-7-5-21(6-8-22)14-4-2-12(29(19,26)27)10-15(14)23(24)25/h1-4,9-10H,5-8H2,(H2,19,26,27). The maximum Gasteiger partial charge on any atom is 0.293 e. The molecule has 0 saturated carbocycles. The smallest absolute Gasteiger partial charge is 0.293 e. The van der Waals surface area contributed by atoms with Crippen molar-refractivity contribution in [2.24, 2.45) is 5.14 Å². The lowest BCUT2D eigenvalue weighted by Crippen LogP contribution is -2.46. The largest absolute Gasteiger partial charge is 0.362 e. The summed E-state index contributed by atoms with van der Waals surface area (Å²) in [6.45, 7) is 2.32. The monoisotopic (exact) mass is 453 g/mol. The van der Waals surface area contributed by atoms with Crippen molar-refractivity contribution in [1.29, 1.82) is 0 Å². The maximum absolute atomic E-state index is 11.5. The zero-order chi connectivity index (χ0) is 20.8. The van der Waals surface area contributed by atoms with E-state index in [1.54, 1.807) is 17.4 Å². The fourth-order valence-electron chi connectivity index (χ4n) is 3.25. The molecule has 1 aliphatic rings. The van der Waals surface area contributed by atoms with E-state index in [1.165, 1.54) is 12.1 Å². The first kappa shape index (κ1) is 19.8. The molecule has 0 bridgehead atoms. The van der Waals surface area contributed by atoms with E-state index in [2.05, 4.69) is 9.88 Å². The van der Waals surface area contributed by atoms with Crippen molar-refractivity contribution >= 4 is 59.7 Å². The van der Waals surface area contributed by atoms with E-state index >= 15 is 0 Å². The number of nitrogens with zero attached hydrogens (tertiary/aromatic N) is 4. The molecule has 1 aromatic heterocycles. The second kappa shape index (κ2) is 7.41. The van der Waals surface area contributed by atoms with Crippen LogP contribution in [0.1, 0.15) is 0 Å². The molecule has 0 amide bonds. The number of primary sulfonamides is 1. The highest BCUT2D eigenvalue weighted by Gasteiger charge is 2.26. The van der Waals surface area contributed by atoms with E-state index in [4.69, 9.17) is 16.7 Å². The van der Waals surface area contributed by atoms with Gasteiger partial charge in [0, 0.05) is 37.3 Å². The zero-order valence-electron chi connectivity index (χ0n) is 15.0. The van der Waals surface area contributed by atoms with Crippen molar-refractivity contribution in [3.8, 4) is 0 Å². The molecule has 1 saturated heterocycles. The molecule has 0 atom stereocenters. The van der Waals surface area contributed by atoms with Gasteiger partial charge in [0.1, 0.15) is 5.69 Å². The number of thiazole rings is 1. The maximum atomic E-state index is 11.5. The number of fused-ring (bicyclic) bond motifs is 1. The number of hydrogen-bond acceptors (Lipinski definition) is 8. The Bertz CT molecular complexity index is 1210. The summed E-state index contributed by atoms with van der Waals surface area (Å²) in [4.78, 5) is 19.2. The van der Waals surface area contributed by atoms with Crippen LogP contribution in [0.25, 0.3) is 10.2 Å². The molecule has 2 N–H and O–H groups in total. The van der Waals surface area contributed by atoms with E-state index < -0.39 is 14.9 Å². The number of rotatable bonds is 4. The molecule has 29 heavy (non-hydrogen) atoms. The predicted molar refractivity (Wildman–Crippen MR) is 114 cm³/mol. The van der Waals surface area contributed by atoms with E-state index in [-0.39, 0.29) is 10.6 Å². The van der Waals surface area contributed by atoms with Gasteiger partial charge < -0.3 is 9.80 Å². The highest BCUT2D eigenvalue weighted by molar-refractivity contribution is 7.89. The number of anilines is 2. The molecule has 2 aromatic carbocycles.